The van der Waals surface area contributed by atoms with Crippen LogP contribution in [0.25, 0.3) is 0 Å². The smallest absolute Gasteiger partial charge is 0.263 e. The molecule has 0 spiro atoms. The van der Waals surface area contributed by atoms with Crippen molar-refractivity contribution in [3.8, 4) is 5.75 Å². The van der Waals surface area contributed by atoms with Gasteiger partial charge in [-0.15, -0.1) is 0 Å². The van der Waals surface area contributed by atoms with Crippen LogP contribution in [0, 0.1) is 0 Å². The van der Waals surface area contributed by atoms with E-state index in [-0.39, 0.29) is 30.9 Å². The Kier molecular flexibility index (Phi) is 7.53. The molecule has 0 aromatic heterocycles. The van der Waals surface area contributed by atoms with Crippen LogP contribution < -0.4 is 15.0 Å². The van der Waals surface area contributed by atoms with Gasteiger partial charge in [-0.3, -0.25) is 9.59 Å². The van der Waals surface area contributed by atoms with Crippen molar-refractivity contribution >= 4 is 27.5 Å². The maximum absolute atomic E-state index is 13.4. The summed E-state index contributed by atoms with van der Waals surface area (Å²) < 4.78 is 32.4. The van der Waals surface area contributed by atoms with Gasteiger partial charge in [0.1, 0.15) is 5.75 Å². The van der Waals surface area contributed by atoms with Crippen LogP contribution in [0.2, 0.25) is 0 Å². The molecule has 1 unspecified atom stereocenters. The van der Waals surface area contributed by atoms with E-state index < -0.39 is 16.1 Å². The Balaban J connectivity index is 1.51. The summed E-state index contributed by atoms with van der Waals surface area (Å²) in [4.78, 5) is 27.8. The van der Waals surface area contributed by atoms with E-state index in [9.17, 15) is 18.0 Å². The van der Waals surface area contributed by atoms with Crippen LogP contribution in [0.3, 0.4) is 0 Å². The summed E-state index contributed by atoms with van der Waals surface area (Å²) in [6.45, 7) is 0.105. The van der Waals surface area contributed by atoms with Crippen LogP contribution in [-0.4, -0.2) is 56.0 Å². The average molecular weight is 486 g/mol. The lowest BCUT2D eigenvalue weighted by Gasteiger charge is -2.37. The number of benzene rings is 2. The minimum absolute atomic E-state index is 0.0126. The van der Waals surface area contributed by atoms with E-state index in [2.05, 4.69) is 5.32 Å². The number of fused-ring (bicyclic) bond motifs is 1. The number of nitrogens with zero attached hydrogens (tertiary/aromatic N) is 2. The molecule has 34 heavy (non-hydrogen) atoms. The van der Waals surface area contributed by atoms with Gasteiger partial charge in [0.05, 0.1) is 25.0 Å². The maximum Gasteiger partial charge on any atom is 0.263 e. The fourth-order valence-electron chi connectivity index (χ4n) is 4.61. The van der Waals surface area contributed by atoms with Gasteiger partial charge in [-0.25, -0.2) is 8.42 Å². The van der Waals surface area contributed by atoms with E-state index in [0.29, 0.717) is 18.0 Å². The van der Waals surface area contributed by atoms with E-state index in [1.165, 1.54) is 9.21 Å². The van der Waals surface area contributed by atoms with Crippen LogP contribution in [0.4, 0.5) is 5.69 Å². The number of anilines is 1. The number of carbonyl (C=O) groups is 2. The Morgan fingerprint density at radius 3 is 2.41 bits per heavy atom. The van der Waals surface area contributed by atoms with E-state index in [1.807, 2.05) is 30.3 Å². The highest BCUT2D eigenvalue weighted by atomic mass is 32.2. The molecule has 4 rings (SSSR count). The molecule has 1 fully saturated rings. The first-order valence-corrected chi connectivity index (χ1v) is 13.5. The van der Waals surface area contributed by atoms with Crippen molar-refractivity contribution < 1.29 is 22.7 Å². The summed E-state index contributed by atoms with van der Waals surface area (Å²) in [5.74, 6) is -0.276. The van der Waals surface area contributed by atoms with E-state index in [0.717, 1.165) is 43.9 Å². The van der Waals surface area contributed by atoms with Gasteiger partial charge < -0.3 is 15.0 Å². The second-order valence-electron chi connectivity index (χ2n) is 8.88. The zero-order valence-electron chi connectivity index (χ0n) is 19.4. The van der Waals surface area contributed by atoms with E-state index in [4.69, 9.17) is 4.74 Å². The fourth-order valence-corrected chi connectivity index (χ4v) is 5.71. The summed E-state index contributed by atoms with van der Waals surface area (Å²) in [6, 6.07) is 16.4. The molecule has 1 saturated carbocycles. The highest BCUT2D eigenvalue weighted by Crippen LogP contribution is 2.34. The van der Waals surface area contributed by atoms with Crippen LogP contribution in [0.5, 0.6) is 5.75 Å². The summed E-state index contributed by atoms with van der Waals surface area (Å²) in [7, 11) is -3.57. The van der Waals surface area contributed by atoms with Gasteiger partial charge in [0, 0.05) is 12.6 Å². The minimum Gasteiger partial charge on any atom is -0.477 e. The number of amides is 2. The van der Waals surface area contributed by atoms with Gasteiger partial charge in [-0.2, -0.15) is 4.31 Å². The van der Waals surface area contributed by atoms with Crippen molar-refractivity contribution in [3.05, 3.63) is 60.2 Å². The van der Waals surface area contributed by atoms with Crippen molar-refractivity contribution in [3.63, 3.8) is 0 Å². The van der Waals surface area contributed by atoms with Crippen LogP contribution in [0.15, 0.2) is 54.6 Å². The molecule has 9 heteroatoms. The Bertz CT molecular complexity index is 1120. The summed E-state index contributed by atoms with van der Waals surface area (Å²) >= 11 is 0. The lowest BCUT2D eigenvalue weighted by Crippen LogP contribution is -2.54. The van der Waals surface area contributed by atoms with Gasteiger partial charge >= 0.3 is 0 Å². The van der Waals surface area contributed by atoms with Crippen LogP contribution >= 0.6 is 0 Å². The van der Waals surface area contributed by atoms with Crippen molar-refractivity contribution in [1.29, 1.82) is 0 Å². The monoisotopic (exact) mass is 485 g/mol. The quantitative estimate of drug-likeness (QED) is 0.651. The SMILES string of the molecule is CS(=O)(=O)N(CC(=O)N1CC(C(=O)NCc2ccccc2)Oc2ccccc21)C1CCCCC1. The minimum atomic E-state index is -3.57. The molecular weight excluding hydrogens is 454 g/mol. The molecule has 182 valence electrons. The molecule has 0 saturated heterocycles. The largest absolute Gasteiger partial charge is 0.477 e. The van der Waals surface area contributed by atoms with E-state index in [1.54, 1.807) is 24.3 Å². The van der Waals surface area contributed by atoms with Crippen LogP contribution in [-0.2, 0) is 26.2 Å². The highest BCUT2D eigenvalue weighted by Gasteiger charge is 2.37. The number of carbonyl (C=O) groups excluding carboxylic acids is 2. The Morgan fingerprint density at radius 2 is 1.71 bits per heavy atom. The van der Waals surface area contributed by atoms with Gasteiger partial charge in [0.15, 0.2) is 6.10 Å². The molecule has 1 aliphatic heterocycles. The summed E-state index contributed by atoms with van der Waals surface area (Å²) in [5.41, 5.74) is 1.49. The molecule has 1 N–H and O–H groups in total. The van der Waals surface area contributed by atoms with Crippen molar-refractivity contribution in [1.82, 2.24) is 9.62 Å². The predicted octanol–water partition coefficient (Wildman–Crippen LogP) is 2.69. The molecule has 8 nitrogen and oxygen atoms in total. The molecule has 2 aromatic rings. The first-order chi connectivity index (χ1) is 16.3. The van der Waals surface area contributed by atoms with Crippen molar-refractivity contribution in [2.24, 2.45) is 0 Å². The third-order valence-electron chi connectivity index (χ3n) is 6.38. The molecular formula is C25H31N3O5S. The number of hydrogen-bond acceptors (Lipinski definition) is 5. The molecule has 2 aliphatic rings. The highest BCUT2D eigenvalue weighted by molar-refractivity contribution is 7.88. The first-order valence-electron chi connectivity index (χ1n) is 11.7. The van der Waals surface area contributed by atoms with Gasteiger partial charge in [-0.1, -0.05) is 61.7 Å². The topological polar surface area (TPSA) is 96.0 Å². The van der Waals surface area contributed by atoms with Crippen molar-refractivity contribution in [2.45, 2.75) is 50.8 Å². The van der Waals surface area contributed by atoms with Gasteiger partial charge in [-0.05, 0) is 30.5 Å². The molecule has 1 atom stereocenters. The zero-order chi connectivity index (χ0) is 24.1. The zero-order valence-corrected chi connectivity index (χ0v) is 20.2. The normalized spacial score (nSPS) is 18.8. The fraction of sp³-hybridized carbons (Fsp3) is 0.440. The number of para-hydroxylation sites is 2. The average Bonchev–Trinajstić information content (AvgIpc) is 2.85. The van der Waals surface area contributed by atoms with E-state index >= 15 is 0 Å². The number of ether oxygens (including phenoxy) is 1. The Morgan fingerprint density at radius 1 is 1.03 bits per heavy atom. The third-order valence-corrected chi connectivity index (χ3v) is 7.65. The molecule has 2 aromatic carbocycles. The standard InChI is InChI=1S/C25H31N3O5S/c1-34(31,32)28(20-12-6-3-7-13-20)18-24(29)27-17-23(33-22-15-9-8-14-21(22)27)25(30)26-16-19-10-4-2-5-11-19/h2,4-5,8-11,14-15,20,23H,3,6-7,12-13,16-18H2,1H3,(H,26,30). The molecule has 1 aliphatic carbocycles. The predicted molar refractivity (Wildman–Crippen MR) is 130 cm³/mol. The third kappa shape index (κ3) is 5.77. The van der Waals surface area contributed by atoms with Gasteiger partial charge in [0.25, 0.3) is 5.91 Å². The molecule has 0 radical (unpaired) electrons. The molecule has 1 heterocycles. The Hall–Kier alpha value is -2.91. The number of nitrogens with one attached hydrogen (secondary N) is 1. The van der Waals surface area contributed by atoms with Gasteiger partial charge in [0.2, 0.25) is 15.9 Å². The number of sulfonamides is 1. The number of hydrogen-bond donors (Lipinski definition) is 1. The second-order valence-corrected chi connectivity index (χ2v) is 10.8. The first kappa shape index (κ1) is 24.2. The molecule has 2 amide bonds. The molecule has 0 bridgehead atoms. The maximum atomic E-state index is 13.4. The Labute approximate surface area is 200 Å². The summed E-state index contributed by atoms with van der Waals surface area (Å²) in [6.07, 6.45) is 4.75. The van der Waals surface area contributed by atoms with Crippen molar-refractivity contribution in [2.75, 3.05) is 24.2 Å². The lowest BCUT2D eigenvalue weighted by atomic mass is 9.95. The lowest BCUT2D eigenvalue weighted by molar-refractivity contribution is -0.128. The second kappa shape index (κ2) is 10.6. The van der Waals surface area contributed by atoms with Crippen LogP contribution in [0.1, 0.15) is 37.7 Å². The number of rotatable bonds is 7. The summed E-state index contributed by atoms with van der Waals surface area (Å²) in [5, 5.41) is 2.87.